The molecule has 3 nitrogen and oxygen atoms in total. The van der Waals surface area contributed by atoms with Crippen LogP contribution >= 0.6 is 0 Å². The molecule has 0 saturated carbocycles. The Bertz CT molecular complexity index is 578. The van der Waals surface area contributed by atoms with Gasteiger partial charge in [-0.3, -0.25) is 4.79 Å². The lowest BCUT2D eigenvalue weighted by Crippen LogP contribution is -2.07. The topological polar surface area (TPSA) is 52.3 Å². The van der Waals surface area contributed by atoms with Crippen LogP contribution in [-0.2, 0) is 0 Å². The molecule has 2 aromatic rings. The number of aryl methyl sites for hydroxylation is 1. The highest BCUT2D eigenvalue weighted by Crippen LogP contribution is 2.16. The van der Waals surface area contributed by atoms with Crippen molar-refractivity contribution in [2.24, 2.45) is 0 Å². The fourth-order valence-corrected chi connectivity index (χ4v) is 1.83. The zero-order valence-corrected chi connectivity index (χ0v) is 10.9. The summed E-state index contributed by atoms with van der Waals surface area (Å²) in [6, 6.07) is 14.8. The quantitative estimate of drug-likeness (QED) is 0.659. The fraction of sp³-hybridized carbons (Fsp3) is 0.188. The van der Waals surface area contributed by atoms with Crippen molar-refractivity contribution in [2.45, 2.75) is 13.3 Å². The molecule has 0 fully saturated rings. The molecule has 2 N–H and O–H groups in total. The molecular formula is C16H17NO2. The summed E-state index contributed by atoms with van der Waals surface area (Å²) in [5.74, 6) is 0.865. The third kappa shape index (κ3) is 3.58. The highest BCUT2D eigenvalue weighted by molar-refractivity contribution is 5.96. The van der Waals surface area contributed by atoms with Crippen LogP contribution in [0.1, 0.15) is 22.3 Å². The Balaban J connectivity index is 1.90. The van der Waals surface area contributed by atoms with E-state index in [0.29, 0.717) is 24.3 Å². The van der Waals surface area contributed by atoms with Gasteiger partial charge in [0.2, 0.25) is 0 Å². The number of para-hydroxylation sites is 1. The zero-order valence-electron chi connectivity index (χ0n) is 10.9. The van der Waals surface area contributed by atoms with Gasteiger partial charge in [0.1, 0.15) is 5.75 Å². The number of anilines is 1. The molecule has 0 aliphatic heterocycles. The number of hydrogen-bond donors (Lipinski definition) is 1. The monoisotopic (exact) mass is 255 g/mol. The molecule has 0 aromatic heterocycles. The molecule has 0 aliphatic carbocycles. The number of carbonyl (C=O) groups is 1. The lowest BCUT2D eigenvalue weighted by atomic mass is 10.1. The van der Waals surface area contributed by atoms with Crippen molar-refractivity contribution in [1.82, 2.24) is 0 Å². The van der Waals surface area contributed by atoms with Crippen molar-refractivity contribution >= 4 is 11.5 Å². The number of nitrogens with two attached hydrogens (primary N) is 1. The van der Waals surface area contributed by atoms with Gasteiger partial charge in [-0.2, -0.15) is 0 Å². The third-order valence-corrected chi connectivity index (χ3v) is 2.89. The predicted molar refractivity (Wildman–Crippen MR) is 76.5 cm³/mol. The summed E-state index contributed by atoms with van der Waals surface area (Å²) in [5, 5.41) is 0. The third-order valence-electron chi connectivity index (χ3n) is 2.89. The number of carbonyl (C=O) groups excluding carboxylic acids is 1. The number of ether oxygens (including phenoxy) is 1. The van der Waals surface area contributed by atoms with E-state index in [0.717, 1.165) is 11.3 Å². The van der Waals surface area contributed by atoms with Crippen LogP contribution in [0.15, 0.2) is 48.5 Å². The highest BCUT2D eigenvalue weighted by Gasteiger charge is 2.06. The van der Waals surface area contributed by atoms with Crippen molar-refractivity contribution in [3.63, 3.8) is 0 Å². The summed E-state index contributed by atoms with van der Waals surface area (Å²) in [7, 11) is 0. The Labute approximate surface area is 113 Å². The molecule has 0 aliphatic rings. The van der Waals surface area contributed by atoms with Crippen LogP contribution in [0, 0.1) is 6.92 Å². The van der Waals surface area contributed by atoms with Gasteiger partial charge in [0.25, 0.3) is 0 Å². The lowest BCUT2D eigenvalue weighted by molar-refractivity contribution is 0.0962. The average molecular weight is 255 g/mol. The average Bonchev–Trinajstić information content (AvgIpc) is 2.41. The summed E-state index contributed by atoms with van der Waals surface area (Å²) in [4.78, 5) is 11.9. The molecule has 0 heterocycles. The fourth-order valence-electron chi connectivity index (χ4n) is 1.83. The molecule has 2 aromatic carbocycles. The van der Waals surface area contributed by atoms with E-state index in [4.69, 9.17) is 10.5 Å². The lowest BCUT2D eigenvalue weighted by Gasteiger charge is -2.08. The zero-order chi connectivity index (χ0) is 13.7. The van der Waals surface area contributed by atoms with Crippen LogP contribution in [0.5, 0.6) is 5.75 Å². The van der Waals surface area contributed by atoms with Gasteiger partial charge in [-0.05, 0) is 30.7 Å². The molecule has 3 heteroatoms. The molecule has 0 radical (unpaired) electrons. The predicted octanol–water partition coefficient (Wildman–Crippen LogP) is 3.23. The van der Waals surface area contributed by atoms with Crippen LogP contribution < -0.4 is 10.5 Å². The van der Waals surface area contributed by atoms with Gasteiger partial charge in [-0.15, -0.1) is 0 Å². The van der Waals surface area contributed by atoms with Gasteiger partial charge in [-0.1, -0.05) is 30.3 Å². The molecule has 0 saturated heterocycles. The minimum atomic E-state index is 0.0425. The summed E-state index contributed by atoms with van der Waals surface area (Å²) in [6.07, 6.45) is 0.345. The molecule has 0 amide bonds. The summed E-state index contributed by atoms with van der Waals surface area (Å²) >= 11 is 0. The Hall–Kier alpha value is -2.29. The van der Waals surface area contributed by atoms with E-state index in [2.05, 4.69) is 0 Å². The van der Waals surface area contributed by atoms with E-state index >= 15 is 0 Å². The normalized spacial score (nSPS) is 10.2. The van der Waals surface area contributed by atoms with E-state index in [1.807, 2.05) is 31.2 Å². The van der Waals surface area contributed by atoms with Crippen molar-refractivity contribution in [3.05, 3.63) is 59.7 Å². The Morgan fingerprint density at radius 1 is 1.16 bits per heavy atom. The van der Waals surface area contributed by atoms with Gasteiger partial charge >= 0.3 is 0 Å². The Morgan fingerprint density at radius 2 is 1.95 bits per heavy atom. The number of rotatable bonds is 5. The number of nitrogen functional groups attached to an aromatic ring is 1. The van der Waals surface area contributed by atoms with Gasteiger partial charge in [0.15, 0.2) is 5.78 Å². The van der Waals surface area contributed by atoms with Crippen LogP contribution in [0.25, 0.3) is 0 Å². The largest absolute Gasteiger partial charge is 0.493 e. The van der Waals surface area contributed by atoms with E-state index in [9.17, 15) is 4.79 Å². The van der Waals surface area contributed by atoms with Gasteiger partial charge in [0.05, 0.1) is 6.61 Å². The van der Waals surface area contributed by atoms with Crippen molar-refractivity contribution in [2.75, 3.05) is 12.3 Å². The second-order valence-corrected chi connectivity index (χ2v) is 4.41. The summed E-state index contributed by atoms with van der Waals surface area (Å²) in [6.45, 7) is 2.35. The van der Waals surface area contributed by atoms with Crippen molar-refractivity contribution < 1.29 is 9.53 Å². The summed E-state index contributed by atoms with van der Waals surface area (Å²) in [5.41, 5.74) is 7.96. The molecule has 0 bridgehead atoms. The first-order valence-corrected chi connectivity index (χ1v) is 6.24. The van der Waals surface area contributed by atoms with E-state index in [-0.39, 0.29) is 5.78 Å². The van der Waals surface area contributed by atoms with Crippen LogP contribution in [0.2, 0.25) is 0 Å². The molecule has 0 spiro atoms. The van der Waals surface area contributed by atoms with E-state index < -0.39 is 0 Å². The smallest absolute Gasteiger partial charge is 0.166 e. The maximum Gasteiger partial charge on any atom is 0.166 e. The minimum absolute atomic E-state index is 0.0425. The first-order valence-electron chi connectivity index (χ1n) is 6.24. The minimum Gasteiger partial charge on any atom is -0.493 e. The maximum atomic E-state index is 11.9. The Kier molecular flexibility index (Phi) is 4.18. The standard InChI is InChI=1S/C16H17NO2/c1-12-5-2-3-8-16(12)19-10-9-15(18)13-6-4-7-14(17)11-13/h2-8,11H,9-10,17H2,1H3. The van der Waals surface area contributed by atoms with Crippen molar-refractivity contribution in [1.29, 1.82) is 0 Å². The van der Waals surface area contributed by atoms with Crippen LogP contribution in [0.3, 0.4) is 0 Å². The number of benzene rings is 2. The first kappa shape index (κ1) is 13.1. The van der Waals surface area contributed by atoms with Crippen molar-refractivity contribution in [3.8, 4) is 5.75 Å². The second kappa shape index (κ2) is 6.05. The summed E-state index contributed by atoms with van der Waals surface area (Å²) < 4.78 is 5.61. The number of hydrogen-bond acceptors (Lipinski definition) is 3. The van der Waals surface area contributed by atoms with Gasteiger partial charge in [0, 0.05) is 17.7 Å². The molecule has 98 valence electrons. The highest BCUT2D eigenvalue weighted by atomic mass is 16.5. The molecule has 0 unspecified atom stereocenters. The van der Waals surface area contributed by atoms with Gasteiger partial charge in [-0.25, -0.2) is 0 Å². The molecular weight excluding hydrogens is 238 g/mol. The van der Waals surface area contributed by atoms with Crippen LogP contribution in [0.4, 0.5) is 5.69 Å². The number of ketones is 1. The second-order valence-electron chi connectivity index (χ2n) is 4.41. The number of Topliss-reactive ketones (excluding diaryl/α,β-unsaturated/α-hetero) is 1. The van der Waals surface area contributed by atoms with Gasteiger partial charge < -0.3 is 10.5 Å². The first-order chi connectivity index (χ1) is 9.16. The maximum absolute atomic E-state index is 11.9. The Morgan fingerprint density at radius 3 is 2.68 bits per heavy atom. The van der Waals surface area contributed by atoms with Crippen LogP contribution in [-0.4, -0.2) is 12.4 Å². The molecule has 19 heavy (non-hydrogen) atoms. The van der Waals surface area contributed by atoms with E-state index in [1.54, 1.807) is 24.3 Å². The molecule has 2 rings (SSSR count). The molecule has 0 atom stereocenters. The SMILES string of the molecule is Cc1ccccc1OCCC(=O)c1cccc(N)c1. The van der Waals surface area contributed by atoms with E-state index in [1.165, 1.54) is 0 Å².